The van der Waals surface area contributed by atoms with E-state index in [0.717, 1.165) is 41.0 Å². The van der Waals surface area contributed by atoms with Crippen molar-refractivity contribution >= 4 is 34.9 Å². The summed E-state index contributed by atoms with van der Waals surface area (Å²) in [5.74, 6) is 1.38. The highest BCUT2D eigenvalue weighted by atomic mass is 32.2. The van der Waals surface area contributed by atoms with Crippen molar-refractivity contribution in [1.82, 2.24) is 15.0 Å². The van der Waals surface area contributed by atoms with Crippen LogP contribution in [0.2, 0.25) is 0 Å². The van der Waals surface area contributed by atoms with Gasteiger partial charge >= 0.3 is 0 Å². The van der Waals surface area contributed by atoms with E-state index in [0.29, 0.717) is 18.1 Å². The monoisotopic (exact) mass is 440 g/mol. The van der Waals surface area contributed by atoms with Crippen LogP contribution in [0.4, 0.5) is 0 Å². The first-order valence-electron chi connectivity index (χ1n) is 10.3. The van der Waals surface area contributed by atoms with E-state index in [-0.39, 0.29) is 11.7 Å². The van der Waals surface area contributed by atoms with Gasteiger partial charge in [-0.2, -0.15) is 5.10 Å². The number of hydrazone groups is 1. The third-order valence-corrected chi connectivity index (χ3v) is 5.70. The van der Waals surface area contributed by atoms with Crippen molar-refractivity contribution in [3.05, 3.63) is 48.0 Å². The molecule has 0 aliphatic carbocycles. The molecule has 164 valence electrons. The molecule has 3 rings (SSSR count). The summed E-state index contributed by atoms with van der Waals surface area (Å²) >= 11 is 1.38. The van der Waals surface area contributed by atoms with Gasteiger partial charge in [0.05, 0.1) is 36.7 Å². The molecule has 0 saturated carbocycles. The first kappa shape index (κ1) is 22.7. The second-order valence-electron chi connectivity index (χ2n) is 6.99. The minimum atomic E-state index is -0.198. The number of methoxy groups -OCH3 is 1. The van der Waals surface area contributed by atoms with Crippen LogP contribution in [0.5, 0.6) is 11.5 Å². The molecule has 1 N–H and O–H groups in total. The van der Waals surface area contributed by atoms with Crippen LogP contribution in [0.1, 0.15) is 31.7 Å². The number of thioether (sulfide) groups is 1. The number of imidazole rings is 1. The minimum absolute atomic E-state index is 0.198. The Hall–Kier alpha value is -3.00. The summed E-state index contributed by atoms with van der Waals surface area (Å²) < 4.78 is 13.2. The number of hydrogen-bond acceptors (Lipinski definition) is 6. The molecule has 1 heterocycles. The van der Waals surface area contributed by atoms with E-state index in [1.165, 1.54) is 11.8 Å². The number of unbranched alkanes of at least 4 members (excludes halogenated alkanes) is 2. The lowest BCUT2D eigenvalue weighted by atomic mass is 10.2. The molecule has 0 unspecified atom stereocenters. The van der Waals surface area contributed by atoms with Gasteiger partial charge in [0.2, 0.25) is 0 Å². The number of carbonyl (C=O) groups excluding carboxylic acids is 1. The largest absolute Gasteiger partial charge is 0.493 e. The topological polar surface area (TPSA) is 77.7 Å². The Labute approximate surface area is 186 Å². The molecule has 3 aromatic rings. The molecule has 31 heavy (non-hydrogen) atoms. The number of benzene rings is 2. The highest BCUT2D eigenvalue weighted by Crippen LogP contribution is 2.28. The fourth-order valence-electron chi connectivity index (χ4n) is 3.01. The van der Waals surface area contributed by atoms with Crippen molar-refractivity contribution in [2.75, 3.05) is 19.5 Å². The number of hydrogen-bond donors (Lipinski definition) is 1. The van der Waals surface area contributed by atoms with Gasteiger partial charge in [-0.25, -0.2) is 10.4 Å². The number of ether oxygens (including phenoxy) is 2. The van der Waals surface area contributed by atoms with Crippen LogP contribution in [-0.2, 0) is 11.8 Å². The zero-order chi connectivity index (χ0) is 22.1. The molecular weight excluding hydrogens is 412 g/mol. The number of para-hydroxylation sites is 2. The molecule has 0 bridgehead atoms. The molecule has 0 atom stereocenters. The Morgan fingerprint density at radius 3 is 2.84 bits per heavy atom. The maximum Gasteiger partial charge on any atom is 0.250 e. The molecule has 0 spiro atoms. The highest BCUT2D eigenvalue weighted by Gasteiger charge is 2.10. The normalized spacial score (nSPS) is 11.2. The number of fused-ring (bicyclic) bond motifs is 1. The van der Waals surface area contributed by atoms with Crippen LogP contribution < -0.4 is 14.9 Å². The van der Waals surface area contributed by atoms with E-state index in [1.807, 2.05) is 54.1 Å². The smallest absolute Gasteiger partial charge is 0.250 e. The lowest BCUT2D eigenvalue weighted by Gasteiger charge is -2.11. The van der Waals surface area contributed by atoms with Crippen molar-refractivity contribution in [3.8, 4) is 11.5 Å². The molecule has 8 heteroatoms. The second-order valence-corrected chi connectivity index (χ2v) is 7.93. The Morgan fingerprint density at radius 1 is 1.23 bits per heavy atom. The molecule has 0 radical (unpaired) electrons. The Balaban J connectivity index is 1.51. The average Bonchev–Trinajstić information content (AvgIpc) is 3.11. The van der Waals surface area contributed by atoms with Crippen LogP contribution >= 0.6 is 11.8 Å². The third kappa shape index (κ3) is 6.24. The number of aryl methyl sites for hydroxylation is 1. The quantitative estimate of drug-likeness (QED) is 0.207. The summed E-state index contributed by atoms with van der Waals surface area (Å²) in [5.41, 5.74) is 5.31. The van der Waals surface area contributed by atoms with Gasteiger partial charge in [-0.05, 0) is 42.3 Å². The molecule has 2 aromatic carbocycles. The van der Waals surface area contributed by atoms with Crippen molar-refractivity contribution in [2.45, 2.75) is 31.3 Å². The van der Waals surface area contributed by atoms with Gasteiger partial charge in [-0.3, -0.25) is 4.79 Å². The van der Waals surface area contributed by atoms with E-state index in [1.54, 1.807) is 13.3 Å². The molecule has 7 nitrogen and oxygen atoms in total. The van der Waals surface area contributed by atoms with Crippen molar-refractivity contribution < 1.29 is 14.3 Å². The number of nitrogens with zero attached hydrogens (tertiary/aromatic N) is 3. The van der Waals surface area contributed by atoms with Crippen molar-refractivity contribution in [2.24, 2.45) is 12.1 Å². The lowest BCUT2D eigenvalue weighted by Crippen LogP contribution is -2.19. The number of nitrogens with one attached hydrogen (secondary N) is 1. The molecule has 0 fully saturated rings. The lowest BCUT2D eigenvalue weighted by molar-refractivity contribution is -0.118. The van der Waals surface area contributed by atoms with E-state index in [9.17, 15) is 4.79 Å². The summed E-state index contributed by atoms with van der Waals surface area (Å²) in [6, 6.07) is 13.5. The van der Waals surface area contributed by atoms with Crippen LogP contribution in [0, 0.1) is 0 Å². The third-order valence-electron chi connectivity index (χ3n) is 4.67. The standard InChI is InChI=1S/C23H28N4O3S/c1-4-5-8-13-30-20-12-11-17(14-21(20)29-3)15-24-26-22(28)16-31-23-25-18-9-6-7-10-19(18)27(23)2/h6-7,9-12,14-15H,4-5,8,13,16H2,1-3H3,(H,26,28)/b24-15-. The molecule has 1 aromatic heterocycles. The van der Waals surface area contributed by atoms with Crippen LogP contribution in [0.3, 0.4) is 0 Å². The number of carbonyl (C=O) groups is 1. The first-order chi connectivity index (χ1) is 15.1. The Bertz CT molecular complexity index is 1050. The molecule has 0 saturated heterocycles. The van der Waals surface area contributed by atoms with Gasteiger partial charge in [0, 0.05) is 7.05 Å². The van der Waals surface area contributed by atoms with E-state index in [2.05, 4.69) is 22.4 Å². The van der Waals surface area contributed by atoms with Gasteiger partial charge in [0.15, 0.2) is 16.7 Å². The van der Waals surface area contributed by atoms with Gasteiger partial charge in [0.25, 0.3) is 5.91 Å². The molecule has 1 amide bonds. The highest BCUT2D eigenvalue weighted by molar-refractivity contribution is 7.99. The van der Waals surface area contributed by atoms with Crippen LogP contribution in [0.15, 0.2) is 52.7 Å². The van der Waals surface area contributed by atoms with Gasteiger partial charge in [-0.15, -0.1) is 0 Å². The minimum Gasteiger partial charge on any atom is -0.493 e. The number of aromatic nitrogens is 2. The summed E-state index contributed by atoms with van der Waals surface area (Å²) in [6.07, 6.45) is 4.89. The van der Waals surface area contributed by atoms with Crippen molar-refractivity contribution in [3.63, 3.8) is 0 Å². The number of amides is 1. The summed E-state index contributed by atoms with van der Waals surface area (Å²) in [4.78, 5) is 16.7. The zero-order valence-corrected chi connectivity index (χ0v) is 18.9. The number of rotatable bonds is 11. The van der Waals surface area contributed by atoms with Crippen LogP contribution in [-0.4, -0.2) is 41.1 Å². The maximum atomic E-state index is 12.2. The summed E-state index contributed by atoms with van der Waals surface area (Å²) in [5, 5.41) is 4.84. The summed E-state index contributed by atoms with van der Waals surface area (Å²) in [6.45, 7) is 2.82. The fourth-order valence-corrected chi connectivity index (χ4v) is 3.79. The molecule has 0 aliphatic heterocycles. The van der Waals surface area contributed by atoms with Gasteiger partial charge in [0.1, 0.15) is 0 Å². The predicted molar refractivity (Wildman–Crippen MR) is 125 cm³/mol. The maximum absolute atomic E-state index is 12.2. The Morgan fingerprint density at radius 2 is 2.06 bits per heavy atom. The molecule has 0 aliphatic rings. The summed E-state index contributed by atoms with van der Waals surface area (Å²) in [7, 11) is 3.55. The second kappa shape index (κ2) is 11.4. The van der Waals surface area contributed by atoms with Crippen molar-refractivity contribution in [1.29, 1.82) is 0 Å². The van der Waals surface area contributed by atoms with Gasteiger partial charge < -0.3 is 14.0 Å². The fraction of sp³-hybridized carbons (Fsp3) is 0.348. The molecular formula is C23H28N4O3S. The van der Waals surface area contributed by atoms with E-state index in [4.69, 9.17) is 9.47 Å². The van der Waals surface area contributed by atoms with Crippen LogP contribution in [0.25, 0.3) is 11.0 Å². The van der Waals surface area contributed by atoms with E-state index >= 15 is 0 Å². The van der Waals surface area contributed by atoms with E-state index < -0.39 is 0 Å². The average molecular weight is 441 g/mol. The first-order valence-corrected chi connectivity index (χ1v) is 11.3. The van der Waals surface area contributed by atoms with Gasteiger partial charge in [-0.1, -0.05) is 43.7 Å². The zero-order valence-electron chi connectivity index (χ0n) is 18.1. The SMILES string of the molecule is CCCCCOc1ccc(/C=N\NC(=O)CSc2nc3ccccc3n2C)cc1OC. The Kier molecular flexibility index (Phi) is 8.35. The predicted octanol–water partition coefficient (Wildman–Crippen LogP) is 4.39.